The molecular formula is C8H13N5O. The van der Waals surface area contributed by atoms with E-state index < -0.39 is 5.60 Å². The molecule has 1 heterocycles. The Labute approximate surface area is 81.8 Å². The van der Waals surface area contributed by atoms with Crippen molar-refractivity contribution >= 4 is 0 Å². The summed E-state index contributed by atoms with van der Waals surface area (Å²) in [6.07, 6.45) is 0. The smallest absolute Gasteiger partial charge is 0.101 e. The van der Waals surface area contributed by atoms with Crippen molar-refractivity contribution in [2.75, 3.05) is 0 Å². The summed E-state index contributed by atoms with van der Waals surface area (Å²) in [5, 5.41) is 17.3. The van der Waals surface area contributed by atoms with Gasteiger partial charge in [-0.05, 0) is 25.4 Å². The molecule has 0 amide bonds. The van der Waals surface area contributed by atoms with E-state index in [9.17, 15) is 5.11 Å². The van der Waals surface area contributed by atoms with Gasteiger partial charge in [0, 0.05) is 12.0 Å². The summed E-state index contributed by atoms with van der Waals surface area (Å²) in [6.45, 7) is 3.57. The van der Waals surface area contributed by atoms with Crippen LogP contribution in [-0.4, -0.2) is 14.9 Å². The fourth-order valence-corrected chi connectivity index (χ4v) is 1.28. The van der Waals surface area contributed by atoms with Crippen LogP contribution in [0.15, 0.2) is 11.2 Å². The predicted molar refractivity (Wildman–Crippen MR) is 51.3 cm³/mol. The lowest BCUT2D eigenvalue weighted by atomic mass is 10.1. The molecule has 0 saturated carbocycles. The number of aromatic nitrogens is 2. The highest BCUT2D eigenvalue weighted by molar-refractivity contribution is 5.15. The summed E-state index contributed by atoms with van der Waals surface area (Å²) < 4.78 is 1.59. The Balaban J connectivity index is 2.99. The van der Waals surface area contributed by atoms with Gasteiger partial charge in [0.2, 0.25) is 0 Å². The van der Waals surface area contributed by atoms with Gasteiger partial charge < -0.3 is 5.11 Å². The van der Waals surface area contributed by atoms with Crippen LogP contribution in [-0.2, 0) is 19.2 Å². The van der Waals surface area contributed by atoms with Crippen molar-refractivity contribution in [3.8, 4) is 0 Å². The molecule has 0 aromatic carbocycles. The van der Waals surface area contributed by atoms with E-state index in [-0.39, 0.29) is 6.54 Å². The summed E-state index contributed by atoms with van der Waals surface area (Å²) in [5.41, 5.74) is 8.55. The van der Waals surface area contributed by atoms with Gasteiger partial charge in [0.25, 0.3) is 0 Å². The van der Waals surface area contributed by atoms with Gasteiger partial charge in [-0.1, -0.05) is 5.11 Å². The van der Waals surface area contributed by atoms with Gasteiger partial charge in [-0.3, -0.25) is 4.68 Å². The molecule has 6 heteroatoms. The molecule has 0 spiro atoms. The standard InChI is InChI=1S/C8H13N5O/c1-8(2,14)7-4-6(5-10-12-9)11-13(7)3/h4,14H,5H2,1-3H3. The van der Waals surface area contributed by atoms with Gasteiger partial charge in [-0.15, -0.1) is 0 Å². The number of hydrogen-bond acceptors (Lipinski definition) is 3. The first-order valence-corrected chi connectivity index (χ1v) is 4.22. The van der Waals surface area contributed by atoms with Crippen LogP contribution in [0.4, 0.5) is 0 Å². The second-order valence-electron chi connectivity index (χ2n) is 3.59. The van der Waals surface area contributed by atoms with Gasteiger partial charge >= 0.3 is 0 Å². The number of azide groups is 1. The first kappa shape index (κ1) is 10.6. The van der Waals surface area contributed by atoms with E-state index in [0.29, 0.717) is 11.4 Å². The molecule has 0 unspecified atom stereocenters. The molecule has 0 bridgehead atoms. The molecule has 0 aliphatic carbocycles. The summed E-state index contributed by atoms with van der Waals surface area (Å²) >= 11 is 0. The van der Waals surface area contributed by atoms with Gasteiger partial charge in [0.15, 0.2) is 0 Å². The minimum Gasteiger partial charge on any atom is -0.384 e. The quantitative estimate of drug-likeness (QED) is 0.449. The van der Waals surface area contributed by atoms with Crippen molar-refractivity contribution in [3.05, 3.63) is 27.9 Å². The number of aliphatic hydroxyl groups is 1. The van der Waals surface area contributed by atoms with Gasteiger partial charge in [-0.25, -0.2) is 0 Å². The summed E-state index contributed by atoms with van der Waals surface area (Å²) in [4.78, 5) is 2.65. The maximum Gasteiger partial charge on any atom is 0.101 e. The van der Waals surface area contributed by atoms with E-state index in [2.05, 4.69) is 15.1 Å². The van der Waals surface area contributed by atoms with Crippen LogP contribution >= 0.6 is 0 Å². The van der Waals surface area contributed by atoms with E-state index in [1.807, 2.05) is 0 Å². The van der Waals surface area contributed by atoms with Crippen LogP contribution in [0.3, 0.4) is 0 Å². The molecule has 0 aliphatic rings. The molecule has 0 fully saturated rings. The summed E-state index contributed by atoms with van der Waals surface area (Å²) in [5.74, 6) is 0. The molecule has 0 radical (unpaired) electrons. The van der Waals surface area contributed by atoms with Gasteiger partial charge in [0.05, 0.1) is 17.9 Å². The van der Waals surface area contributed by atoms with Crippen LogP contribution in [0.1, 0.15) is 25.2 Å². The van der Waals surface area contributed by atoms with Gasteiger partial charge in [-0.2, -0.15) is 5.10 Å². The van der Waals surface area contributed by atoms with E-state index in [4.69, 9.17) is 5.53 Å². The van der Waals surface area contributed by atoms with Crippen molar-refractivity contribution < 1.29 is 5.11 Å². The summed E-state index contributed by atoms with van der Waals surface area (Å²) in [7, 11) is 1.74. The molecule has 76 valence electrons. The zero-order valence-electron chi connectivity index (χ0n) is 8.47. The van der Waals surface area contributed by atoms with Crippen LogP contribution in [0, 0.1) is 0 Å². The van der Waals surface area contributed by atoms with Crippen LogP contribution in [0.5, 0.6) is 0 Å². The second-order valence-corrected chi connectivity index (χ2v) is 3.59. The zero-order chi connectivity index (χ0) is 10.8. The number of hydrogen-bond donors (Lipinski definition) is 1. The maximum atomic E-state index is 9.74. The monoisotopic (exact) mass is 195 g/mol. The average Bonchev–Trinajstić information content (AvgIpc) is 2.42. The second kappa shape index (κ2) is 3.69. The van der Waals surface area contributed by atoms with Crippen LogP contribution < -0.4 is 0 Å². The molecule has 1 rings (SSSR count). The fourth-order valence-electron chi connectivity index (χ4n) is 1.28. The molecular weight excluding hydrogens is 182 g/mol. The molecule has 0 atom stereocenters. The topological polar surface area (TPSA) is 86.8 Å². The molecule has 0 saturated heterocycles. The van der Waals surface area contributed by atoms with Gasteiger partial charge in [0.1, 0.15) is 5.60 Å². The molecule has 14 heavy (non-hydrogen) atoms. The van der Waals surface area contributed by atoms with Crippen molar-refractivity contribution in [3.63, 3.8) is 0 Å². The number of aryl methyl sites for hydroxylation is 1. The zero-order valence-corrected chi connectivity index (χ0v) is 8.47. The highest BCUT2D eigenvalue weighted by atomic mass is 16.3. The number of nitrogens with zero attached hydrogens (tertiary/aromatic N) is 5. The van der Waals surface area contributed by atoms with E-state index in [0.717, 1.165) is 0 Å². The lowest BCUT2D eigenvalue weighted by molar-refractivity contribution is 0.0696. The Morgan fingerprint density at radius 3 is 2.79 bits per heavy atom. The Morgan fingerprint density at radius 2 is 2.36 bits per heavy atom. The largest absolute Gasteiger partial charge is 0.384 e. The lowest BCUT2D eigenvalue weighted by Gasteiger charge is -2.16. The third-order valence-electron chi connectivity index (χ3n) is 1.85. The Morgan fingerprint density at radius 1 is 1.71 bits per heavy atom. The highest BCUT2D eigenvalue weighted by Gasteiger charge is 2.20. The predicted octanol–water partition coefficient (Wildman–Crippen LogP) is 1.46. The van der Waals surface area contributed by atoms with Crippen molar-refractivity contribution in [2.45, 2.75) is 26.0 Å². The molecule has 1 aromatic heterocycles. The first-order chi connectivity index (χ1) is 6.45. The maximum absolute atomic E-state index is 9.74. The molecule has 1 aromatic rings. The van der Waals surface area contributed by atoms with E-state index in [1.54, 1.807) is 31.6 Å². The van der Waals surface area contributed by atoms with E-state index in [1.165, 1.54) is 0 Å². The Hall–Kier alpha value is -1.52. The number of rotatable bonds is 3. The minimum atomic E-state index is -0.934. The van der Waals surface area contributed by atoms with E-state index >= 15 is 0 Å². The minimum absolute atomic E-state index is 0.209. The highest BCUT2D eigenvalue weighted by Crippen LogP contribution is 2.19. The SMILES string of the molecule is Cn1nc(CN=[N+]=[N-])cc1C(C)(C)O. The fraction of sp³-hybridized carbons (Fsp3) is 0.625. The Kier molecular flexibility index (Phi) is 2.78. The first-order valence-electron chi connectivity index (χ1n) is 4.22. The molecule has 6 nitrogen and oxygen atoms in total. The third kappa shape index (κ3) is 2.25. The third-order valence-corrected chi connectivity index (χ3v) is 1.85. The average molecular weight is 195 g/mol. The van der Waals surface area contributed by atoms with Crippen molar-refractivity contribution in [1.82, 2.24) is 9.78 Å². The normalized spacial score (nSPS) is 11.1. The molecule has 1 N–H and O–H groups in total. The summed E-state index contributed by atoms with van der Waals surface area (Å²) in [6, 6.07) is 1.73. The lowest BCUT2D eigenvalue weighted by Crippen LogP contribution is -2.19. The van der Waals surface area contributed by atoms with Crippen LogP contribution in [0.2, 0.25) is 0 Å². The molecule has 0 aliphatic heterocycles. The van der Waals surface area contributed by atoms with Crippen molar-refractivity contribution in [1.29, 1.82) is 0 Å². The van der Waals surface area contributed by atoms with Crippen molar-refractivity contribution in [2.24, 2.45) is 12.2 Å². The van der Waals surface area contributed by atoms with Crippen LogP contribution in [0.25, 0.3) is 10.4 Å². The Bertz CT molecular complexity index is 370.